The Labute approximate surface area is 441 Å². The quantitative estimate of drug-likeness (QED) is 0.0131. The number of likely N-dealkylation sites (tertiary alicyclic amines) is 1. The highest BCUT2D eigenvalue weighted by Crippen LogP contribution is 2.21. The van der Waals surface area contributed by atoms with Crippen molar-refractivity contribution in [3.05, 3.63) is 46.6 Å². The smallest absolute Gasteiger partial charge is 0.352 e. The third-order valence-corrected chi connectivity index (χ3v) is 12.2. The maximum Gasteiger partial charge on any atom is 0.352 e. The molecule has 420 valence electrons. The summed E-state index contributed by atoms with van der Waals surface area (Å²) < 4.78 is 0. The van der Waals surface area contributed by atoms with Crippen LogP contribution in [0.5, 0.6) is 0 Å². The number of carbonyl (C=O) groups excluding carboxylic acids is 8. The van der Waals surface area contributed by atoms with Crippen LogP contribution in [0.25, 0.3) is 0 Å². The van der Waals surface area contributed by atoms with Gasteiger partial charge in [0.1, 0.15) is 41.9 Å². The number of carboxylic acid groups (broad SMARTS) is 1. The number of carbonyl (C=O) groups is 9. The topological polar surface area (TPSA) is 462 Å². The van der Waals surface area contributed by atoms with Gasteiger partial charge in [-0.25, -0.2) is 4.79 Å². The molecule has 0 spiro atoms. The molecule has 8 amide bonds. The fourth-order valence-corrected chi connectivity index (χ4v) is 7.85. The lowest BCUT2D eigenvalue weighted by Gasteiger charge is -2.30. The van der Waals surface area contributed by atoms with Crippen molar-refractivity contribution in [1.82, 2.24) is 47.4 Å². The van der Waals surface area contributed by atoms with Gasteiger partial charge < -0.3 is 92.0 Å². The fraction of sp³-hybridized carbons (Fsp3) is 0.617. The molecule has 1 aliphatic rings. The standard InChI is InChI=1S/C47H79ClN16O11/c1-27(58-44(72)38(36(65)25-51)63-40(68)30(52)10-4-6-21-55-2)39(67)57-26-37(66)59-32(12-7-20-50)45(73)64-23-9-14-35(64)43(71)62-34(24-28-15-17-29(48)18-16-28)42(70)60-31(11-3-5-19-49)41(69)61-33(46(74)75)13-8-22-56-47(53)54/h13,15-18,27,30-32,34-36,38,55,65H,3-12,14,19-26,49-52H2,1-2H3,(H,57,67)(H,58,72)(H,59,66)(H,60,70)(H,61,69)(H,62,71)(H,63,68)(H,74,75)(H4,53,54,56)/b33-13-/t27?,30?,31-,32+,34?,35-,36?,38-/m0/s1. The van der Waals surface area contributed by atoms with Gasteiger partial charge >= 0.3 is 5.97 Å². The van der Waals surface area contributed by atoms with E-state index in [2.05, 4.69) is 47.5 Å². The van der Waals surface area contributed by atoms with Gasteiger partial charge in [0, 0.05) is 31.1 Å². The zero-order valence-electron chi connectivity index (χ0n) is 42.7. The number of aliphatic carboxylic acids is 1. The summed E-state index contributed by atoms with van der Waals surface area (Å²) in [5, 5.41) is 41.2. The van der Waals surface area contributed by atoms with Gasteiger partial charge in [-0.2, -0.15) is 0 Å². The molecular formula is C47H79ClN16O11. The SMILES string of the molecule is CNCCCCC(N)C(=O)N[C@H](C(=O)NC(C)C(=O)NCC(=O)N[C@H](CCCN)C(=O)N1CCC[C@H]1C(=O)NC(Cc1ccc(Cl)cc1)C(=O)N[C@@H](CCCCN)C(=O)N/C(=C\CCN=C(N)N)C(=O)O)C(O)CN. The number of carboxylic acids is 1. The summed E-state index contributed by atoms with van der Waals surface area (Å²) in [6.07, 6.45) is 3.10. The Kier molecular flexibility index (Phi) is 30.1. The van der Waals surface area contributed by atoms with Crippen LogP contribution in [0, 0.1) is 0 Å². The molecule has 4 unspecified atom stereocenters. The summed E-state index contributed by atoms with van der Waals surface area (Å²) in [7, 11) is 1.79. The highest BCUT2D eigenvalue weighted by Gasteiger charge is 2.39. The second kappa shape index (κ2) is 34.9. The molecule has 28 heteroatoms. The molecular weight excluding hydrogens is 1000 g/mol. The third-order valence-electron chi connectivity index (χ3n) is 11.9. The van der Waals surface area contributed by atoms with Crippen LogP contribution < -0.4 is 76.9 Å². The number of amides is 8. The highest BCUT2D eigenvalue weighted by molar-refractivity contribution is 6.30. The van der Waals surface area contributed by atoms with Crippen LogP contribution in [0.3, 0.4) is 0 Å². The Morgan fingerprint density at radius 1 is 0.800 bits per heavy atom. The molecule has 0 radical (unpaired) electrons. The van der Waals surface area contributed by atoms with Crippen LogP contribution in [-0.4, -0.2) is 176 Å². The minimum absolute atomic E-state index is 0.0405. The second-order valence-corrected chi connectivity index (χ2v) is 18.4. The van der Waals surface area contributed by atoms with Crippen molar-refractivity contribution in [1.29, 1.82) is 0 Å². The lowest BCUT2D eigenvalue weighted by Crippen LogP contribution is -2.60. The molecule has 1 fully saturated rings. The van der Waals surface area contributed by atoms with Crippen LogP contribution >= 0.6 is 11.6 Å². The number of rotatable bonds is 35. The molecule has 1 aliphatic heterocycles. The van der Waals surface area contributed by atoms with Gasteiger partial charge in [-0.05, 0) is 116 Å². The third kappa shape index (κ3) is 23.7. The van der Waals surface area contributed by atoms with Gasteiger partial charge in [0.15, 0.2) is 5.96 Å². The maximum atomic E-state index is 14.2. The van der Waals surface area contributed by atoms with Gasteiger partial charge in [0.25, 0.3) is 0 Å². The Morgan fingerprint density at radius 2 is 1.47 bits per heavy atom. The Bertz CT molecular complexity index is 2110. The van der Waals surface area contributed by atoms with Crippen molar-refractivity contribution < 1.29 is 53.4 Å². The van der Waals surface area contributed by atoms with Crippen molar-refractivity contribution >= 4 is 70.8 Å². The average Bonchev–Trinajstić information content (AvgIpc) is 3.88. The summed E-state index contributed by atoms with van der Waals surface area (Å²) in [5.41, 5.74) is 33.8. The molecule has 1 saturated heterocycles. The zero-order valence-corrected chi connectivity index (χ0v) is 43.5. The first-order valence-corrected chi connectivity index (χ1v) is 25.4. The minimum Gasteiger partial charge on any atom is -0.477 e. The van der Waals surface area contributed by atoms with Gasteiger partial charge in [-0.1, -0.05) is 36.2 Å². The van der Waals surface area contributed by atoms with Crippen LogP contribution in [0.15, 0.2) is 41.0 Å². The van der Waals surface area contributed by atoms with Crippen LogP contribution in [-0.2, 0) is 49.6 Å². The van der Waals surface area contributed by atoms with Crippen molar-refractivity contribution in [2.45, 2.75) is 132 Å². The number of benzene rings is 1. The van der Waals surface area contributed by atoms with Crippen molar-refractivity contribution in [2.75, 3.05) is 52.9 Å². The predicted octanol–water partition coefficient (Wildman–Crippen LogP) is -4.91. The van der Waals surface area contributed by atoms with E-state index in [9.17, 15) is 53.4 Å². The van der Waals surface area contributed by atoms with E-state index in [1.165, 1.54) is 17.9 Å². The molecule has 75 heavy (non-hydrogen) atoms. The maximum absolute atomic E-state index is 14.2. The summed E-state index contributed by atoms with van der Waals surface area (Å²) in [4.78, 5) is 126. The highest BCUT2D eigenvalue weighted by atomic mass is 35.5. The summed E-state index contributed by atoms with van der Waals surface area (Å²) in [5.74, 6) is -7.94. The van der Waals surface area contributed by atoms with Crippen molar-refractivity contribution in [3.8, 4) is 0 Å². The first kappa shape index (κ1) is 64.6. The van der Waals surface area contributed by atoms with E-state index in [1.54, 1.807) is 31.3 Å². The first-order valence-electron chi connectivity index (χ1n) is 25.0. The van der Waals surface area contributed by atoms with E-state index in [0.29, 0.717) is 42.7 Å². The number of guanidine groups is 1. The van der Waals surface area contributed by atoms with E-state index >= 15 is 0 Å². The monoisotopic (exact) mass is 1080 g/mol. The predicted molar refractivity (Wildman–Crippen MR) is 279 cm³/mol. The Morgan fingerprint density at radius 3 is 2.09 bits per heavy atom. The molecule has 0 saturated carbocycles. The Balaban J connectivity index is 2.24. The van der Waals surface area contributed by atoms with E-state index < -0.39 is 120 Å². The molecule has 8 atom stereocenters. The minimum atomic E-state index is -1.55. The molecule has 2 rings (SSSR count). The molecule has 0 aliphatic carbocycles. The molecule has 0 aromatic heterocycles. The fourth-order valence-electron chi connectivity index (χ4n) is 7.73. The number of nitrogens with one attached hydrogen (secondary N) is 8. The van der Waals surface area contributed by atoms with E-state index in [4.69, 9.17) is 46.0 Å². The van der Waals surface area contributed by atoms with E-state index in [0.717, 1.165) is 13.0 Å². The van der Waals surface area contributed by atoms with Gasteiger partial charge in [-0.15, -0.1) is 0 Å². The zero-order chi connectivity index (χ0) is 56.0. The number of hydrogen-bond acceptors (Lipinski definition) is 16. The second-order valence-electron chi connectivity index (χ2n) is 17.9. The largest absolute Gasteiger partial charge is 0.477 e. The normalized spacial score (nSPS) is 16.1. The number of halogens is 1. The lowest BCUT2D eigenvalue weighted by atomic mass is 10.0. The molecule has 27 nitrogen and oxygen atoms in total. The van der Waals surface area contributed by atoms with Crippen LogP contribution in [0.4, 0.5) is 0 Å². The summed E-state index contributed by atoms with van der Waals surface area (Å²) >= 11 is 6.12. The number of aliphatic imine (C=N–C) groups is 1. The molecule has 1 aromatic rings. The summed E-state index contributed by atoms with van der Waals surface area (Å²) in [6, 6.07) is -2.31. The number of nitrogens with two attached hydrogens (primary N) is 6. The first-order chi connectivity index (χ1) is 35.7. The number of aliphatic hydroxyl groups is 1. The number of aliphatic hydroxyl groups excluding tert-OH is 1. The van der Waals surface area contributed by atoms with Crippen LogP contribution in [0.1, 0.15) is 83.1 Å². The van der Waals surface area contributed by atoms with Crippen molar-refractivity contribution in [2.24, 2.45) is 39.4 Å². The lowest BCUT2D eigenvalue weighted by molar-refractivity contribution is -0.142. The molecule has 22 N–H and O–H groups in total. The molecule has 1 aromatic carbocycles. The molecule has 0 bridgehead atoms. The Hall–Kier alpha value is -6.49. The van der Waals surface area contributed by atoms with E-state index in [-0.39, 0.29) is 70.7 Å². The van der Waals surface area contributed by atoms with Gasteiger partial charge in [0.05, 0.1) is 18.7 Å². The number of unbranched alkanes of at least 4 members (excludes halogenated alkanes) is 2. The average molecular weight is 1080 g/mol. The van der Waals surface area contributed by atoms with Crippen molar-refractivity contribution in [3.63, 3.8) is 0 Å². The molecule has 1 heterocycles. The van der Waals surface area contributed by atoms with Crippen LogP contribution in [0.2, 0.25) is 5.02 Å². The number of hydrogen-bond donors (Lipinski definition) is 16. The van der Waals surface area contributed by atoms with Gasteiger partial charge in [-0.3, -0.25) is 43.3 Å². The van der Waals surface area contributed by atoms with E-state index in [1.807, 2.05) is 0 Å². The number of nitrogens with zero attached hydrogens (tertiary/aromatic N) is 2. The van der Waals surface area contributed by atoms with Gasteiger partial charge in [0.2, 0.25) is 47.3 Å². The summed E-state index contributed by atoms with van der Waals surface area (Å²) in [6.45, 7) is 1.52.